The van der Waals surface area contributed by atoms with Crippen LogP contribution in [0, 0.1) is 5.92 Å². The zero-order chi connectivity index (χ0) is 13.2. The first-order valence-electron chi connectivity index (χ1n) is 6.10. The molecule has 1 saturated heterocycles. The van der Waals surface area contributed by atoms with E-state index in [0.717, 1.165) is 0 Å². The monoisotopic (exact) mass is 254 g/mol. The third-order valence-electron chi connectivity index (χ3n) is 3.57. The van der Waals surface area contributed by atoms with Gasteiger partial charge in [0.1, 0.15) is 5.54 Å². The fraction of sp³-hybridized carbons (Fsp3) is 0.667. The van der Waals surface area contributed by atoms with Crippen molar-refractivity contribution in [3.05, 3.63) is 12.2 Å². The van der Waals surface area contributed by atoms with Gasteiger partial charge >= 0.3 is 5.97 Å². The van der Waals surface area contributed by atoms with Gasteiger partial charge in [-0.15, -0.1) is 0 Å². The van der Waals surface area contributed by atoms with Crippen LogP contribution >= 0.6 is 0 Å². The van der Waals surface area contributed by atoms with E-state index in [0.29, 0.717) is 32.5 Å². The number of rotatable bonds is 3. The van der Waals surface area contributed by atoms with Crippen molar-refractivity contribution >= 4 is 11.9 Å². The van der Waals surface area contributed by atoms with Crippen LogP contribution in [-0.4, -0.2) is 41.8 Å². The molecule has 2 atom stereocenters. The number of carbonyl (C=O) groups excluding carboxylic acids is 1. The smallest absolute Gasteiger partial charge is 0.329 e. The van der Waals surface area contributed by atoms with E-state index < -0.39 is 11.5 Å². The van der Waals surface area contributed by atoms with Gasteiger partial charge in [-0.25, -0.2) is 4.79 Å². The Kier molecular flexibility index (Phi) is 3.68. The highest BCUT2D eigenvalue weighted by Gasteiger charge is 2.42. The lowest BCUT2D eigenvalue weighted by molar-refractivity contribution is -0.152. The highest BCUT2D eigenvalue weighted by atomic mass is 16.5. The van der Waals surface area contributed by atoms with Crippen molar-refractivity contribution in [2.24, 2.45) is 11.7 Å². The Morgan fingerprint density at radius 3 is 2.50 bits per heavy atom. The van der Waals surface area contributed by atoms with Crippen molar-refractivity contribution in [1.29, 1.82) is 0 Å². The second-order valence-electron chi connectivity index (χ2n) is 4.88. The van der Waals surface area contributed by atoms with E-state index >= 15 is 0 Å². The van der Waals surface area contributed by atoms with E-state index in [1.165, 1.54) is 0 Å². The van der Waals surface area contributed by atoms with Crippen molar-refractivity contribution < 1.29 is 19.4 Å². The van der Waals surface area contributed by atoms with E-state index in [2.05, 4.69) is 5.32 Å². The molecule has 100 valence electrons. The van der Waals surface area contributed by atoms with Crippen LogP contribution in [0.4, 0.5) is 0 Å². The maximum absolute atomic E-state index is 12.0. The summed E-state index contributed by atoms with van der Waals surface area (Å²) in [6.07, 6.45) is 4.67. The van der Waals surface area contributed by atoms with Crippen molar-refractivity contribution in [2.45, 2.75) is 30.8 Å². The zero-order valence-corrected chi connectivity index (χ0v) is 10.1. The summed E-state index contributed by atoms with van der Waals surface area (Å²) < 4.78 is 5.15. The second kappa shape index (κ2) is 5.07. The number of ether oxygens (including phenoxy) is 1. The number of aliphatic carboxylic acids is 1. The highest BCUT2D eigenvalue weighted by molar-refractivity contribution is 5.89. The maximum atomic E-state index is 12.0. The van der Waals surface area contributed by atoms with E-state index in [1.807, 2.05) is 0 Å². The summed E-state index contributed by atoms with van der Waals surface area (Å²) in [7, 11) is 0. The molecular formula is C12H18N2O4. The third kappa shape index (κ3) is 2.54. The topological polar surface area (TPSA) is 102 Å². The number of carbonyl (C=O) groups is 2. The summed E-state index contributed by atoms with van der Waals surface area (Å²) in [6, 6.07) is -0.115. The molecule has 0 aromatic rings. The van der Waals surface area contributed by atoms with Crippen LogP contribution in [0.2, 0.25) is 0 Å². The molecule has 1 aliphatic heterocycles. The average molecular weight is 254 g/mol. The van der Waals surface area contributed by atoms with Crippen LogP contribution in [0.3, 0.4) is 0 Å². The quantitative estimate of drug-likeness (QED) is 0.597. The normalized spacial score (nSPS) is 30.1. The van der Waals surface area contributed by atoms with Gasteiger partial charge in [0.2, 0.25) is 5.91 Å². The van der Waals surface area contributed by atoms with E-state index in [4.69, 9.17) is 10.5 Å². The van der Waals surface area contributed by atoms with Gasteiger partial charge in [0, 0.05) is 32.1 Å². The van der Waals surface area contributed by atoms with E-state index in [-0.39, 0.29) is 17.9 Å². The van der Waals surface area contributed by atoms with E-state index in [1.54, 1.807) is 12.2 Å². The molecular weight excluding hydrogens is 236 g/mol. The largest absolute Gasteiger partial charge is 0.480 e. The minimum atomic E-state index is -1.18. The third-order valence-corrected chi connectivity index (χ3v) is 3.57. The Labute approximate surface area is 105 Å². The lowest BCUT2D eigenvalue weighted by Gasteiger charge is -2.34. The van der Waals surface area contributed by atoms with Gasteiger partial charge in [-0.2, -0.15) is 0 Å². The van der Waals surface area contributed by atoms with Crippen LogP contribution in [0.15, 0.2) is 12.2 Å². The van der Waals surface area contributed by atoms with E-state index in [9.17, 15) is 14.7 Å². The lowest BCUT2D eigenvalue weighted by atomic mass is 9.89. The molecule has 6 nitrogen and oxygen atoms in total. The number of hydrogen-bond donors (Lipinski definition) is 3. The van der Waals surface area contributed by atoms with Crippen LogP contribution in [-0.2, 0) is 14.3 Å². The fourth-order valence-corrected chi connectivity index (χ4v) is 2.36. The van der Waals surface area contributed by atoms with Gasteiger partial charge in [-0.05, 0) is 6.42 Å². The molecule has 2 aliphatic rings. The minimum absolute atomic E-state index is 0.115. The van der Waals surface area contributed by atoms with Gasteiger partial charge in [0.15, 0.2) is 0 Å². The number of carboxylic acid groups (broad SMARTS) is 1. The molecule has 2 rings (SSSR count). The number of carboxylic acids is 1. The average Bonchev–Trinajstić information content (AvgIpc) is 2.77. The predicted molar refractivity (Wildman–Crippen MR) is 63.8 cm³/mol. The minimum Gasteiger partial charge on any atom is -0.480 e. The molecule has 1 heterocycles. The van der Waals surface area contributed by atoms with Crippen LogP contribution in [0.1, 0.15) is 19.3 Å². The van der Waals surface area contributed by atoms with Gasteiger partial charge in [0.05, 0.1) is 5.92 Å². The number of amides is 1. The number of nitrogens with two attached hydrogens (primary N) is 1. The highest BCUT2D eigenvalue weighted by Crippen LogP contribution is 2.24. The lowest BCUT2D eigenvalue weighted by Crippen LogP contribution is -2.58. The summed E-state index contributed by atoms with van der Waals surface area (Å²) in [6.45, 7) is 0.708. The zero-order valence-electron chi connectivity index (χ0n) is 10.1. The van der Waals surface area contributed by atoms with Crippen molar-refractivity contribution in [1.82, 2.24) is 5.32 Å². The Morgan fingerprint density at radius 1 is 1.33 bits per heavy atom. The van der Waals surface area contributed by atoms with Gasteiger partial charge in [-0.3, -0.25) is 4.79 Å². The first kappa shape index (κ1) is 13.0. The Hall–Kier alpha value is -1.40. The van der Waals surface area contributed by atoms with Crippen molar-refractivity contribution in [2.75, 3.05) is 13.2 Å². The van der Waals surface area contributed by atoms with Crippen LogP contribution < -0.4 is 11.1 Å². The van der Waals surface area contributed by atoms with Gasteiger partial charge in [0.25, 0.3) is 0 Å². The summed E-state index contributed by atoms with van der Waals surface area (Å²) in [5, 5.41) is 12.0. The number of hydrogen-bond acceptors (Lipinski definition) is 4. The molecule has 1 amide bonds. The molecule has 1 aliphatic carbocycles. The SMILES string of the molecule is NC1C=CC(C(=O)NC2(C(=O)O)CCOCC2)C1. The first-order valence-corrected chi connectivity index (χ1v) is 6.10. The number of nitrogens with one attached hydrogen (secondary N) is 1. The molecule has 0 aromatic carbocycles. The molecule has 0 radical (unpaired) electrons. The van der Waals surface area contributed by atoms with Crippen LogP contribution in [0.5, 0.6) is 0 Å². The molecule has 0 spiro atoms. The Morgan fingerprint density at radius 2 is 2.00 bits per heavy atom. The molecule has 18 heavy (non-hydrogen) atoms. The summed E-state index contributed by atoms with van der Waals surface area (Å²) >= 11 is 0. The Balaban J connectivity index is 2.03. The standard InChI is InChI=1S/C12H18N2O4/c13-9-2-1-8(7-9)10(15)14-12(11(16)17)3-5-18-6-4-12/h1-2,8-9H,3-7,13H2,(H,14,15)(H,16,17). The molecule has 0 saturated carbocycles. The molecule has 6 heteroatoms. The summed E-state index contributed by atoms with van der Waals surface area (Å²) in [5.74, 6) is -1.58. The van der Waals surface area contributed by atoms with Gasteiger partial charge < -0.3 is 20.9 Å². The fourth-order valence-electron chi connectivity index (χ4n) is 2.36. The molecule has 2 unspecified atom stereocenters. The summed E-state index contributed by atoms with van der Waals surface area (Å²) in [5.41, 5.74) is 4.50. The Bertz CT molecular complexity index is 374. The molecule has 0 aromatic heterocycles. The maximum Gasteiger partial charge on any atom is 0.329 e. The summed E-state index contributed by atoms with van der Waals surface area (Å²) in [4.78, 5) is 23.4. The molecule has 4 N–H and O–H groups in total. The first-order chi connectivity index (χ1) is 8.53. The van der Waals surface area contributed by atoms with Gasteiger partial charge in [-0.1, -0.05) is 12.2 Å². The predicted octanol–water partition coefficient (Wildman–Crippen LogP) is -0.360. The molecule has 0 bridgehead atoms. The second-order valence-corrected chi connectivity index (χ2v) is 4.88. The molecule has 1 fully saturated rings. The van der Waals surface area contributed by atoms with Crippen molar-refractivity contribution in [3.63, 3.8) is 0 Å². The van der Waals surface area contributed by atoms with Crippen molar-refractivity contribution in [3.8, 4) is 0 Å². The van der Waals surface area contributed by atoms with Crippen LogP contribution in [0.25, 0.3) is 0 Å².